The van der Waals surface area contributed by atoms with Crippen molar-refractivity contribution in [2.75, 3.05) is 6.61 Å². The van der Waals surface area contributed by atoms with E-state index in [4.69, 9.17) is 22.9 Å². The highest BCUT2D eigenvalue weighted by Crippen LogP contribution is 2.46. The molecular formula is C25H21ClN4O2. The number of aromatic nitrogens is 2. The van der Waals surface area contributed by atoms with Gasteiger partial charge in [-0.05, 0) is 43.9 Å². The van der Waals surface area contributed by atoms with Crippen LogP contribution >= 0.6 is 11.6 Å². The number of carbonyl (C=O) groups is 1. The molecule has 1 aromatic carbocycles. The lowest BCUT2D eigenvalue weighted by Crippen LogP contribution is -2.10. The molecule has 0 saturated heterocycles. The van der Waals surface area contributed by atoms with Crippen LogP contribution in [0.4, 0.5) is 5.69 Å². The van der Waals surface area contributed by atoms with Crippen molar-refractivity contribution in [3.63, 3.8) is 0 Å². The lowest BCUT2D eigenvalue weighted by atomic mass is 10.00. The van der Waals surface area contributed by atoms with Gasteiger partial charge in [0.1, 0.15) is 11.2 Å². The van der Waals surface area contributed by atoms with Crippen molar-refractivity contribution in [3.05, 3.63) is 81.2 Å². The van der Waals surface area contributed by atoms with Crippen molar-refractivity contribution in [2.45, 2.75) is 39.2 Å². The average molecular weight is 445 g/mol. The van der Waals surface area contributed by atoms with E-state index < -0.39 is 5.97 Å². The lowest BCUT2D eigenvalue weighted by molar-refractivity contribution is 0.0526. The van der Waals surface area contributed by atoms with Crippen molar-refractivity contribution < 1.29 is 9.53 Å². The van der Waals surface area contributed by atoms with Crippen LogP contribution in [0.1, 0.15) is 58.6 Å². The summed E-state index contributed by atoms with van der Waals surface area (Å²) in [4.78, 5) is 19.9. The topological polar surface area (TPSA) is 72.3 Å². The van der Waals surface area contributed by atoms with E-state index in [1.54, 1.807) is 31.3 Å². The number of halogens is 1. The number of ether oxygens (including phenoxy) is 1. The lowest BCUT2D eigenvalue weighted by Gasteiger charge is -2.13. The Morgan fingerprint density at radius 3 is 2.69 bits per heavy atom. The summed E-state index contributed by atoms with van der Waals surface area (Å²) in [5, 5.41) is 10.2. The van der Waals surface area contributed by atoms with Gasteiger partial charge in [0.15, 0.2) is 5.69 Å². The number of hydrogen-bond donors (Lipinski definition) is 0. The number of esters is 1. The van der Waals surface area contributed by atoms with Gasteiger partial charge in [0.05, 0.1) is 24.3 Å². The van der Waals surface area contributed by atoms with Crippen LogP contribution in [0.5, 0.6) is 0 Å². The first kappa shape index (κ1) is 21.6. The SMILES string of the molecule is [C-]#[N+]c1ccc(-c2c(C#N)c(C3CC3)n(Cc3cnc(Cl)c(C(=O)OCC)c3)c2C)cc1. The third-order valence-electron chi connectivity index (χ3n) is 5.66. The molecule has 1 aliphatic carbocycles. The van der Waals surface area contributed by atoms with E-state index in [2.05, 4.69) is 20.5 Å². The van der Waals surface area contributed by atoms with Crippen LogP contribution < -0.4 is 0 Å². The summed E-state index contributed by atoms with van der Waals surface area (Å²) in [5.74, 6) is -0.166. The molecule has 6 nitrogen and oxygen atoms in total. The average Bonchev–Trinajstić information content (AvgIpc) is 3.60. The minimum absolute atomic E-state index is 0.108. The highest BCUT2D eigenvalue weighted by molar-refractivity contribution is 6.32. The van der Waals surface area contributed by atoms with Crippen molar-refractivity contribution in [1.82, 2.24) is 9.55 Å². The van der Waals surface area contributed by atoms with E-state index in [1.807, 2.05) is 19.1 Å². The largest absolute Gasteiger partial charge is 0.462 e. The third-order valence-corrected chi connectivity index (χ3v) is 5.96. The van der Waals surface area contributed by atoms with Crippen LogP contribution in [0.15, 0.2) is 36.5 Å². The van der Waals surface area contributed by atoms with E-state index in [1.165, 1.54) is 0 Å². The number of pyridine rings is 1. The molecule has 0 amide bonds. The Kier molecular flexibility index (Phi) is 5.99. The molecule has 160 valence electrons. The zero-order valence-corrected chi connectivity index (χ0v) is 18.6. The van der Waals surface area contributed by atoms with Crippen molar-refractivity contribution >= 4 is 23.3 Å². The molecule has 0 aliphatic heterocycles. The molecule has 7 heteroatoms. The van der Waals surface area contributed by atoms with Gasteiger partial charge in [-0.25, -0.2) is 14.6 Å². The van der Waals surface area contributed by atoms with Crippen LogP contribution in [0.2, 0.25) is 5.15 Å². The number of nitrogens with zero attached hydrogens (tertiary/aromatic N) is 4. The fourth-order valence-corrected chi connectivity index (χ4v) is 4.21. The van der Waals surface area contributed by atoms with Crippen LogP contribution in [-0.2, 0) is 11.3 Å². The van der Waals surface area contributed by atoms with Crippen LogP contribution in [-0.4, -0.2) is 22.1 Å². The van der Waals surface area contributed by atoms with Gasteiger partial charge in [0.25, 0.3) is 0 Å². The van der Waals surface area contributed by atoms with Gasteiger partial charge in [-0.1, -0.05) is 35.9 Å². The van der Waals surface area contributed by atoms with Gasteiger partial charge in [0.2, 0.25) is 0 Å². The molecule has 0 bridgehead atoms. The Morgan fingerprint density at radius 1 is 1.38 bits per heavy atom. The third kappa shape index (κ3) is 3.98. The number of carbonyl (C=O) groups excluding carboxylic acids is 1. The second-order valence-electron chi connectivity index (χ2n) is 7.75. The van der Waals surface area contributed by atoms with E-state index in [0.717, 1.165) is 40.9 Å². The minimum Gasteiger partial charge on any atom is -0.462 e. The fourth-order valence-electron chi connectivity index (χ4n) is 4.03. The monoisotopic (exact) mass is 444 g/mol. The Morgan fingerprint density at radius 2 is 2.09 bits per heavy atom. The van der Waals surface area contributed by atoms with Gasteiger partial charge in [-0.3, -0.25) is 0 Å². The molecule has 0 unspecified atom stereocenters. The summed E-state index contributed by atoms with van der Waals surface area (Å²) in [5.41, 5.74) is 6.05. The molecule has 3 aromatic rings. The Bertz CT molecular complexity index is 1280. The van der Waals surface area contributed by atoms with Crippen LogP contribution in [0.3, 0.4) is 0 Å². The van der Waals surface area contributed by atoms with E-state index in [-0.39, 0.29) is 17.3 Å². The van der Waals surface area contributed by atoms with Gasteiger partial charge in [0, 0.05) is 35.6 Å². The fraction of sp³-hybridized carbons (Fsp3) is 0.280. The van der Waals surface area contributed by atoms with Crippen molar-refractivity contribution in [2.24, 2.45) is 0 Å². The maximum absolute atomic E-state index is 12.2. The van der Waals surface area contributed by atoms with Gasteiger partial charge >= 0.3 is 5.97 Å². The summed E-state index contributed by atoms with van der Waals surface area (Å²) >= 11 is 6.13. The standard InChI is InChI=1S/C25H21ClN4O2/c1-4-32-25(31)20-11-16(13-29-24(20)26)14-30-15(2)22(17-7-9-19(28-3)10-8-17)21(12-27)23(30)18-5-6-18/h7-11,13,18H,4-6,14H2,1-2H3. The normalized spacial score (nSPS) is 12.8. The molecule has 1 fully saturated rings. The highest BCUT2D eigenvalue weighted by Gasteiger charge is 2.33. The summed E-state index contributed by atoms with van der Waals surface area (Å²) in [6.45, 7) is 11.6. The summed E-state index contributed by atoms with van der Waals surface area (Å²) in [7, 11) is 0. The second kappa shape index (κ2) is 8.86. The summed E-state index contributed by atoms with van der Waals surface area (Å²) < 4.78 is 7.24. The van der Waals surface area contributed by atoms with E-state index in [0.29, 0.717) is 23.7 Å². The van der Waals surface area contributed by atoms with Crippen LogP contribution in [0.25, 0.3) is 16.0 Å². The first-order valence-electron chi connectivity index (χ1n) is 10.4. The number of nitriles is 1. The van der Waals surface area contributed by atoms with Gasteiger partial charge in [-0.2, -0.15) is 5.26 Å². The predicted molar refractivity (Wildman–Crippen MR) is 122 cm³/mol. The second-order valence-corrected chi connectivity index (χ2v) is 8.11. The molecule has 2 aromatic heterocycles. The smallest absolute Gasteiger partial charge is 0.341 e. The summed E-state index contributed by atoms with van der Waals surface area (Å²) in [6, 6.07) is 11.4. The maximum Gasteiger partial charge on any atom is 0.341 e. The molecular weight excluding hydrogens is 424 g/mol. The van der Waals surface area contributed by atoms with E-state index >= 15 is 0 Å². The minimum atomic E-state index is -0.503. The molecule has 0 atom stereocenters. The molecule has 0 N–H and O–H groups in total. The zero-order valence-electron chi connectivity index (χ0n) is 17.9. The van der Waals surface area contributed by atoms with Crippen molar-refractivity contribution in [1.29, 1.82) is 5.26 Å². The van der Waals surface area contributed by atoms with Gasteiger partial charge in [-0.15, -0.1) is 0 Å². The Labute approximate surface area is 191 Å². The van der Waals surface area contributed by atoms with Crippen molar-refractivity contribution in [3.8, 4) is 17.2 Å². The molecule has 0 spiro atoms. The van der Waals surface area contributed by atoms with Gasteiger partial charge < -0.3 is 9.30 Å². The Balaban J connectivity index is 1.81. The Hall–Kier alpha value is -3.61. The maximum atomic E-state index is 12.2. The molecule has 4 rings (SSSR count). The molecule has 1 aliphatic rings. The molecule has 1 saturated carbocycles. The first-order chi connectivity index (χ1) is 15.5. The first-order valence-corrected chi connectivity index (χ1v) is 10.8. The zero-order chi connectivity index (χ0) is 22.8. The van der Waals surface area contributed by atoms with E-state index in [9.17, 15) is 10.1 Å². The predicted octanol–water partition coefficient (Wildman–Crippen LogP) is 6.04. The number of rotatable bonds is 6. The summed E-state index contributed by atoms with van der Waals surface area (Å²) in [6.07, 6.45) is 3.74. The highest BCUT2D eigenvalue weighted by atomic mass is 35.5. The quantitative estimate of drug-likeness (QED) is 0.264. The van der Waals surface area contributed by atoms with Crippen LogP contribution in [0, 0.1) is 24.8 Å². The number of hydrogen-bond acceptors (Lipinski definition) is 4. The number of benzene rings is 1. The molecule has 0 radical (unpaired) electrons. The molecule has 2 heterocycles. The molecule has 32 heavy (non-hydrogen) atoms.